The lowest BCUT2D eigenvalue weighted by Gasteiger charge is -2.08. The van der Waals surface area contributed by atoms with Crippen molar-refractivity contribution in [2.24, 2.45) is 0 Å². The van der Waals surface area contributed by atoms with Gasteiger partial charge in [-0.2, -0.15) is 0 Å². The standard InChI is InChI=1S/C12H11ClN2O2S/c1-8-2-3-9(15(16)17)6-11(8)14-7-10-4-5-12(13)18-10/h2-6,14H,7H2,1H3. The van der Waals surface area contributed by atoms with E-state index < -0.39 is 4.92 Å². The number of aryl methyl sites for hydroxylation is 1. The van der Waals surface area contributed by atoms with E-state index in [1.54, 1.807) is 12.1 Å². The molecule has 1 aromatic heterocycles. The van der Waals surface area contributed by atoms with Gasteiger partial charge in [0.1, 0.15) is 0 Å². The molecule has 0 saturated heterocycles. The number of hydrogen-bond acceptors (Lipinski definition) is 4. The van der Waals surface area contributed by atoms with Gasteiger partial charge < -0.3 is 5.32 Å². The van der Waals surface area contributed by atoms with Crippen molar-refractivity contribution in [3.05, 3.63) is 55.2 Å². The molecule has 2 aromatic rings. The summed E-state index contributed by atoms with van der Waals surface area (Å²) in [6, 6.07) is 8.56. The van der Waals surface area contributed by atoms with Crippen molar-refractivity contribution >= 4 is 34.3 Å². The molecule has 0 aliphatic heterocycles. The highest BCUT2D eigenvalue weighted by Crippen LogP contribution is 2.25. The zero-order valence-corrected chi connectivity index (χ0v) is 11.2. The van der Waals surface area contributed by atoms with Crippen LogP contribution in [0.2, 0.25) is 4.34 Å². The van der Waals surface area contributed by atoms with Crippen LogP contribution in [0.25, 0.3) is 0 Å². The van der Waals surface area contributed by atoms with Crippen LogP contribution in [-0.2, 0) is 6.54 Å². The van der Waals surface area contributed by atoms with Gasteiger partial charge in [0.25, 0.3) is 5.69 Å². The van der Waals surface area contributed by atoms with E-state index in [0.717, 1.165) is 20.5 Å². The van der Waals surface area contributed by atoms with Crippen LogP contribution in [0.3, 0.4) is 0 Å². The molecule has 0 radical (unpaired) electrons. The fourth-order valence-electron chi connectivity index (χ4n) is 1.54. The molecule has 1 heterocycles. The van der Waals surface area contributed by atoms with Gasteiger partial charge in [-0.05, 0) is 24.6 Å². The Balaban J connectivity index is 2.13. The normalized spacial score (nSPS) is 10.3. The number of nitrogens with zero attached hydrogens (tertiary/aromatic N) is 1. The van der Waals surface area contributed by atoms with Crippen LogP contribution < -0.4 is 5.32 Å². The molecule has 2 rings (SSSR count). The number of anilines is 1. The molecule has 0 bridgehead atoms. The van der Waals surface area contributed by atoms with Crippen LogP contribution in [0, 0.1) is 17.0 Å². The number of nitro benzene ring substituents is 1. The van der Waals surface area contributed by atoms with E-state index in [9.17, 15) is 10.1 Å². The fourth-order valence-corrected chi connectivity index (χ4v) is 2.57. The smallest absolute Gasteiger partial charge is 0.271 e. The molecule has 18 heavy (non-hydrogen) atoms. The van der Waals surface area contributed by atoms with E-state index in [4.69, 9.17) is 11.6 Å². The van der Waals surface area contributed by atoms with Gasteiger partial charge in [-0.3, -0.25) is 10.1 Å². The summed E-state index contributed by atoms with van der Waals surface area (Å²) in [5.41, 5.74) is 1.84. The van der Waals surface area contributed by atoms with Crippen LogP contribution in [0.4, 0.5) is 11.4 Å². The largest absolute Gasteiger partial charge is 0.380 e. The Morgan fingerprint density at radius 2 is 2.17 bits per heavy atom. The van der Waals surface area contributed by atoms with Crippen LogP contribution >= 0.6 is 22.9 Å². The monoisotopic (exact) mass is 282 g/mol. The lowest BCUT2D eigenvalue weighted by atomic mass is 10.2. The maximum atomic E-state index is 10.7. The third-order valence-corrected chi connectivity index (χ3v) is 3.75. The number of rotatable bonds is 4. The quantitative estimate of drug-likeness (QED) is 0.674. The second-order valence-corrected chi connectivity index (χ2v) is 5.62. The van der Waals surface area contributed by atoms with Crippen molar-refractivity contribution in [2.45, 2.75) is 13.5 Å². The van der Waals surface area contributed by atoms with Gasteiger partial charge in [0.2, 0.25) is 0 Å². The van der Waals surface area contributed by atoms with E-state index >= 15 is 0 Å². The summed E-state index contributed by atoms with van der Waals surface area (Å²) >= 11 is 7.33. The Labute approximate surface area is 113 Å². The predicted molar refractivity (Wildman–Crippen MR) is 74.5 cm³/mol. The Morgan fingerprint density at radius 1 is 1.39 bits per heavy atom. The molecule has 6 heteroatoms. The third kappa shape index (κ3) is 3.00. The lowest BCUT2D eigenvalue weighted by Crippen LogP contribution is -2.00. The summed E-state index contributed by atoms with van der Waals surface area (Å²) in [7, 11) is 0. The zero-order chi connectivity index (χ0) is 13.1. The number of thiophene rings is 1. The summed E-state index contributed by atoms with van der Waals surface area (Å²) in [6.45, 7) is 2.52. The van der Waals surface area contributed by atoms with Crippen molar-refractivity contribution in [3.63, 3.8) is 0 Å². The topological polar surface area (TPSA) is 55.2 Å². The van der Waals surface area contributed by atoms with Crippen molar-refractivity contribution in [1.29, 1.82) is 0 Å². The highest BCUT2D eigenvalue weighted by atomic mass is 35.5. The van der Waals surface area contributed by atoms with Crippen molar-refractivity contribution in [3.8, 4) is 0 Å². The van der Waals surface area contributed by atoms with Crippen molar-refractivity contribution in [2.75, 3.05) is 5.32 Å². The number of hydrogen-bond donors (Lipinski definition) is 1. The van der Waals surface area contributed by atoms with Gasteiger partial charge in [-0.1, -0.05) is 17.7 Å². The van der Waals surface area contributed by atoms with Crippen LogP contribution in [-0.4, -0.2) is 4.92 Å². The third-order valence-electron chi connectivity index (χ3n) is 2.51. The summed E-state index contributed by atoms with van der Waals surface area (Å²) in [6.07, 6.45) is 0. The minimum Gasteiger partial charge on any atom is -0.380 e. The molecule has 0 amide bonds. The summed E-state index contributed by atoms with van der Waals surface area (Å²) in [4.78, 5) is 11.4. The molecule has 1 aromatic carbocycles. The Bertz CT molecular complexity index is 583. The first-order valence-corrected chi connectivity index (χ1v) is 6.49. The average Bonchev–Trinajstić information content (AvgIpc) is 2.74. The van der Waals surface area contributed by atoms with E-state index in [0.29, 0.717) is 6.54 Å². The minimum absolute atomic E-state index is 0.0901. The van der Waals surface area contributed by atoms with E-state index in [2.05, 4.69) is 5.32 Å². The Hall–Kier alpha value is -1.59. The highest BCUT2D eigenvalue weighted by Gasteiger charge is 2.08. The number of nitrogens with one attached hydrogen (secondary N) is 1. The van der Waals surface area contributed by atoms with E-state index in [-0.39, 0.29) is 5.69 Å². The molecule has 4 nitrogen and oxygen atoms in total. The van der Waals surface area contributed by atoms with Gasteiger partial charge in [0, 0.05) is 29.2 Å². The predicted octanol–water partition coefficient (Wildman–Crippen LogP) is 4.23. The molecule has 0 unspecified atom stereocenters. The molecule has 0 fully saturated rings. The molecule has 0 atom stereocenters. The van der Waals surface area contributed by atoms with Crippen LogP contribution in [0.1, 0.15) is 10.4 Å². The van der Waals surface area contributed by atoms with Crippen molar-refractivity contribution in [1.82, 2.24) is 0 Å². The number of benzene rings is 1. The van der Waals surface area contributed by atoms with Crippen molar-refractivity contribution < 1.29 is 4.92 Å². The van der Waals surface area contributed by atoms with E-state index in [1.807, 2.05) is 19.1 Å². The van der Waals surface area contributed by atoms with Crippen LogP contribution in [0.5, 0.6) is 0 Å². The maximum absolute atomic E-state index is 10.7. The van der Waals surface area contributed by atoms with Crippen LogP contribution in [0.15, 0.2) is 30.3 Å². The van der Waals surface area contributed by atoms with Gasteiger partial charge in [-0.25, -0.2) is 0 Å². The maximum Gasteiger partial charge on any atom is 0.271 e. The molecular weight excluding hydrogens is 272 g/mol. The first kappa shape index (κ1) is 12.9. The Morgan fingerprint density at radius 3 is 2.78 bits per heavy atom. The minimum atomic E-state index is -0.396. The molecule has 94 valence electrons. The molecule has 0 aliphatic rings. The number of nitro groups is 1. The SMILES string of the molecule is Cc1ccc([N+](=O)[O-])cc1NCc1ccc(Cl)s1. The molecule has 0 spiro atoms. The first-order valence-electron chi connectivity index (χ1n) is 5.29. The number of halogens is 1. The molecular formula is C12H11ClN2O2S. The first-order chi connectivity index (χ1) is 8.56. The van der Waals surface area contributed by atoms with Gasteiger partial charge in [0.15, 0.2) is 0 Å². The molecule has 0 saturated carbocycles. The summed E-state index contributed by atoms with van der Waals surface area (Å²) in [5.74, 6) is 0. The van der Waals surface area contributed by atoms with Gasteiger partial charge in [-0.15, -0.1) is 11.3 Å². The lowest BCUT2D eigenvalue weighted by molar-refractivity contribution is -0.384. The summed E-state index contributed by atoms with van der Waals surface area (Å²) in [5, 5.41) is 13.9. The second-order valence-electron chi connectivity index (χ2n) is 3.82. The highest BCUT2D eigenvalue weighted by molar-refractivity contribution is 7.16. The number of non-ortho nitro benzene ring substituents is 1. The average molecular weight is 283 g/mol. The molecule has 0 aliphatic carbocycles. The fraction of sp³-hybridized carbons (Fsp3) is 0.167. The second kappa shape index (κ2) is 5.37. The zero-order valence-electron chi connectivity index (χ0n) is 9.64. The molecule has 1 N–H and O–H groups in total. The van der Waals surface area contributed by atoms with Gasteiger partial charge in [0.05, 0.1) is 9.26 Å². The van der Waals surface area contributed by atoms with E-state index in [1.165, 1.54) is 17.4 Å². The van der Waals surface area contributed by atoms with Gasteiger partial charge >= 0.3 is 0 Å². The summed E-state index contributed by atoms with van der Waals surface area (Å²) < 4.78 is 0.738. The Kier molecular flexibility index (Phi) is 3.84.